The van der Waals surface area contributed by atoms with E-state index in [9.17, 15) is 0 Å². The highest BCUT2D eigenvalue weighted by atomic mass is 15.1. The average Bonchev–Trinajstić information content (AvgIpc) is 3.01. The first-order valence-electron chi connectivity index (χ1n) is 8.61. The third-order valence-corrected chi connectivity index (χ3v) is 4.97. The van der Waals surface area contributed by atoms with Crippen LogP contribution < -0.4 is 5.32 Å². The summed E-state index contributed by atoms with van der Waals surface area (Å²) in [6.45, 7) is 8.98. The lowest BCUT2D eigenvalue weighted by Crippen LogP contribution is -2.36. The molecule has 1 fully saturated rings. The number of nitrogens with one attached hydrogen (secondary N) is 1. The Hall–Kier alpha value is -0.860. The predicted molar refractivity (Wildman–Crippen MR) is 91.8 cm³/mol. The van der Waals surface area contributed by atoms with Crippen LogP contribution in [0.5, 0.6) is 0 Å². The molecular formula is C19H32N2. The number of hydrogen-bond donors (Lipinski definition) is 1. The van der Waals surface area contributed by atoms with Crippen molar-refractivity contribution in [2.75, 3.05) is 20.1 Å². The van der Waals surface area contributed by atoms with Gasteiger partial charge in [0.2, 0.25) is 0 Å². The number of nitrogens with zero attached hydrogens (tertiary/aromatic N) is 1. The van der Waals surface area contributed by atoms with Gasteiger partial charge >= 0.3 is 0 Å². The van der Waals surface area contributed by atoms with Crippen LogP contribution in [0.15, 0.2) is 24.3 Å². The Kier molecular flexibility index (Phi) is 6.25. The smallest absolute Gasteiger partial charge is 0.0292 e. The maximum absolute atomic E-state index is 3.66. The van der Waals surface area contributed by atoms with Gasteiger partial charge in [0, 0.05) is 25.2 Å². The summed E-state index contributed by atoms with van der Waals surface area (Å²) in [6.07, 6.45) is 5.62. The molecule has 1 aromatic rings. The molecule has 0 aliphatic heterocycles. The highest BCUT2D eigenvalue weighted by molar-refractivity contribution is 5.26. The Morgan fingerprint density at radius 1 is 1.05 bits per heavy atom. The van der Waals surface area contributed by atoms with Gasteiger partial charge in [-0.2, -0.15) is 0 Å². The number of likely N-dealkylation sites (N-methyl/N-ethyl adjacent to an activating group) is 1. The van der Waals surface area contributed by atoms with Gasteiger partial charge < -0.3 is 10.2 Å². The van der Waals surface area contributed by atoms with Gasteiger partial charge in [-0.3, -0.25) is 0 Å². The van der Waals surface area contributed by atoms with Crippen molar-refractivity contribution in [2.45, 2.75) is 64.5 Å². The van der Waals surface area contributed by atoms with E-state index in [0.717, 1.165) is 19.1 Å². The zero-order valence-corrected chi connectivity index (χ0v) is 14.2. The second-order valence-electron chi connectivity index (χ2n) is 6.92. The molecule has 1 unspecified atom stereocenters. The van der Waals surface area contributed by atoms with Crippen LogP contribution in [0.4, 0.5) is 0 Å². The molecule has 1 aromatic carbocycles. The summed E-state index contributed by atoms with van der Waals surface area (Å²) in [4.78, 5) is 2.54. The van der Waals surface area contributed by atoms with Gasteiger partial charge in [0.15, 0.2) is 0 Å². The van der Waals surface area contributed by atoms with Crippen molar-refractivity contribution >= 4 is 0 Å². The van der Waals surface area contributed by atoms with E-state index in [1.54, 1.807) is 0 Å². The lowest BCUT2D eigenvalue weighted by molar-refractivity contribution is 0.243. The van der Waals surface area contributed by atoms with Crippen LogP contribution in [-0.4, -0.2) is 31.1 Å². The summed E-state index contributed by atoms with van der Waals surface area (Å²) in [5, 5.41) is 3.66. The number of hydrogen-bond acceptors (Lipinski definition) is 2. The van der Waals surface area contributed by atoms with Crippen LogP contribution >= 0.6 is 0 Å². The van der Waals surface area contributed by atoms with Gasteiger partial charge in [0.25, 0.3) is 0 Å². The van der Waals surface area contributed by atoms with Crippen molar-refractivity contribution in [1.29, 1.82) is 0 Å². The Bertz CT molecular complexity index is 404. The average molecular weight is 288 g/mol. The molecule has 118 valence electrons. The SMILES string of the molecule is CC(C)c1ccc(C(C)NCCN(C)C2CCCC2)cc1. The largest absolute Gasteiger partial charge is 0.309 e. The molecule has 0 amide bonds. The second-order valence-corrected chi connectivity index (χ2v) is 6.92. The van der Waals surface area contributed by atoms with Crippen molar-refractivity contribution in [3.63, 3.8) is 0 Å². The van der Waals surface area contributed by atoms with E-state index in [1.807, 2.05) is 0 Å². The van der Waals surface area contributed by atoms with Crippen molar-refractivity contribution in [3.05, 3.63) is 35.4 Å². The van der Waals surface area contributed by atoms with Crippen molar-refractivity contribution in [3.8, 4) is 0 Å². The molecule has 1 aliphatic rings. The summed E-state index contributed by atoms with van der Waals surface area (Å²) < 4.78 is 0. The topological polar surface area (TPSA) is 15.3 Å². The molecule has 1 N–H and O–H groups in total. The van der Waals surface area contributed by atoms with Crippen LogP contribution in [0.3, 0.4) is 0 Å². The van der Waals surface area contributed by atoms with Gasteiger partial charge in [0.1, 0.15) is 0 Å². The first-order chi connectivity index (χ1) is 10.1. The first-order valence-corrected chi connectivity index (χ1v) is 8.61. The van der Waals surface area contributed by atoms with Crippen LogP contribution in [0, 0.1) is 0 Å². The first kappa shape index (κ1) is 16.5. The summed E-state index contributed by atoms with van der Waals surface area (Å²) in [5.74, 6) is 0.613. The molecule has 1 atom stereocenters. The Labute approximate surface area is 130 Å². The third-order valence-electron chi connectivity index (χ3n) is 4.97. The molecule has 2 rings (SSSR count). The van der Waals surface area contributed by atoms with Gasteiger partial charge in [-0.1, -0.05) is 51.0 Å². The second kappa shape index (κ2) is 7.95. The van der Waals surface area contributed by atoms with Crippen molar-refractivity contribution in [1.82, 2.24) is 10.2 Å². The zero-order valence-electron chi connectivity index (χ0n) is 14.2. The quantitative estimate of drug-likeness (QED) is 0.803. The Balaban J connectivity index is 1.74. The van der Waals surface area contributed by atoms with Gasteiger partial charge in [0.05, 0.1) is 0 Å². The molecule has 0 aromatic heterocycles. The molecule has 21 heavy (non-hydrogen) atoms. The molecule has 0 saturated heterocycles. The van der Waals surface area contributed by atoms with Gasteiger partial charge in [-0.15, -0.1) is 0 Å². The number of rotatable bonds is 7. The van der Waals surface area contributed by atoms with E-state index in [-0.39, 0.29) is 0 Å². The minimum absolute atomic E-state index is 0.434. The van der Waals surface area contributed by atoms with E-state index < -0.39 is 0 Å². The molecular weight excluding hydrogens is 256 g/mol. The van der Waals surface area contributed by atoms with Crippen LogP contribution in [0.1, 0.15) is 69.5 Å². The fraction of sp³-hybridized carbons (Fsp3) is 0.684. The Morgan fingerprint density at radius 3 is 2.19 bits per heavy atom. The normalized spacial score (nSPS) is 17.8. The highest BCUT2D eigenvalue weighted by Gasteiger charge is 2.18. The maximum atomic E-state index is 3.66. The molecule has 2 nitrogen and oxygen atoms in total. The molecule has 0 radical (unpaired) electrons. The zero-order chi connectivity index (χ0) is 15.2. The van der Waals surface area contributed by atoms with Crippen molar-refractivity contribution in [2.24, 2.45) is 0 Å². The summed E-state index contributed by atoms with van der Waals surface area (Å²) in [5.41, 5.74) is 2.81. The lowest BCUT2D eigenvalue weighted by atomic mass is 9.99. The molecule has 1 saturated carbocycles. The minimum atomic E-state index is 0.434. The standard InChI is InChI=1S/C19H32N2/c1-15(2)17-9-11-18(12-10-17)16(3)20-13-14-21(4)19-7-5-6-8-19/h9-12,15-16,19-20H,5-8,13-14H2,1-4H3. The van der Waals surface area contributed by atoms with E-state index in [0.29, 0.717) is 12.0 Å². The fourth-order valence-electron chi connectivity index (χ4n) is 3.27. The fourth-order valence-corrected chi connectivity index (χ4v) is 3.27. The van der Waals surface area contributed by atoms with Crippen LogP contribution in [0.25, 0.3) is 0 Å². The number of benzene rings is 1. The molecule has 0 spiro atoms. The molecule has 0 bridgehead atoms. The van der Waals surface area contributed by atoms with Gasteiger partial charge in [-0.05, 0) is 43.9 Å². The van der Waals surface area contributed by atoms with Gasteiger partial charge in [-0.25, -0.2) is 0 Å². The highest BCUT2D eigenvalue weighted by Crippen LogP contribution is 2.22. The summed E-state index contributed by atoms with van der Waals surface area (Å²) in [7, 11) is 2.28. The molecule has 0 heterocycles. The lowest BCUT2D eigenvalue weighted by Gasteiger charge is -2.25. The van der Waals surface area contributed by atoms with E-state index in [2.05, 4.69) is 62.3 Å². The van der Waals surface area contributed by atoms with E-state index in [4.69, 9.17) is 0 Å². The predicted octanol–water partition coefficient (Wildman–Crippen LogP) is 4.34. The van der Waals surface area contributed by atoms with Crippen molar-refractivity contribution < 1.29 is 0 Å². The van der Waals surface area contributed by atoms with E-state index in [1.165, 1.54) is 36.8 Å². The molecule has 1 aliphatic carbocycles. The van der Waals surface area contributed by atoms with Crippen LogP contribution in [0.2, 0.25) is 0 Å². The summed E-state index contributed by atoms with van der Waals surface area (Å²) >= 11 is 0. The Morgan fingerprint density at radius 2 is 1.62 bits per heavy atom. The van der Waals surface area contributed by atoms with Crippen LogP contribution in [-0.2, 0) is 0 Å². The maximum Gasteiger partial charge on any atom is 0.0292 e. The van der Waals surface area contributed by atoms with E-state index >= 15 is 0 Å². The summed E-state index contributed by atoms with van der Waals surface area (Å²) in [6, 6.07) is 10.3. The third kappa shape index (κ3) is 4.82. The minimum Gasteiger partial charge on any atom is -0.309 e. The monoisotopic (exact) mass is 288 g/mol. The molecule has 2 heteroatoms.